The number of aromatic nitrogens is 2. The molecular formula is C13H15BrN4O. The average molecular weight is 323 g/mol. The molecule has 1 atom stereocenters. The summed E-state index contributed by atoms with van der Waals surface area (Å²) in [4.78, 5) is 11.1. The molecule has 2 aromatic heterocycles. The molecule has 0 amide bonds. The van der Waals surface area contributed by atoms with Crippen LogP contribution in [0, 0.1) is 0 Å². The number of fused-ring (bicyclic) bond motifs is 1. The maximum absolute atomic E-state index is 5.83. The molecule has 1 fully saturated rings. The molecule has 0 bridgehead atoms. The minimum Gasteiger partial charge on any atom is -0.377 e. The molecular weight excluding hydrogens is 308 g/mol. The van der Waals surface area contributed by atoms with Gasteiger partial charge in [0.1, 0.15) is 5.52 Å². The van der Waals surface area contributed by atoms with Crippen molar-refractivity contribution >= 4 is 32.7 Å². The molecule has 1 aliphatic rings. The van der Waals surface area contributed by atoms with Crippen LogP contribution in [0.2, 0.25) is 0 Å². The fourth-order valence-electron chi connectivity index (χ4n) is 2.39. The van der Waals surface area contributed by atoms with Crippen molar-refractivity contribution in [3.63, 3.8) is 0 Å². The molecule has 5 nitrogen and oxygen atoms in total. The Morgan fingerprint density at radius 1 is 1.47 bits per heavy atom. The van der Waals surface area contributed by atoms with E-state index in [0.717, 1.165) is 34.3 Å². The summed E-state index contributed by atoms with van der Waals surface area (Å²) in [6.45, 7) is 2.78. The number of anilines is 1. The fourth-order valence-corrected chi connectivity index (χ4v) is 2.71. The zero-order chi connectivity index (χ0) is 13.2. The second kappa shape index (κ2) is 5.40. The third-order valence-electron chi connectivity index (χ3n) is 3.33. The Kier molecular flexibility index (Phi) is 3.63. The fraction of sp³-hybridized carbons (Fsp3) is 0.385. The minimum atomic E-state index is 0.199. The van der Waals surface area contributed by atoms with Gasteiger partial charge in [-0.15, -0.1) is 0 Å². The molecule has 1 saturated heterocycles. The Labute approximate surface area is 119 Å². The third-order valence-corrected chi connectivity index (χ3v) is 3.77. The summed E-state index contributed by atoms with van der Waals surface area (Å²) in [5.41, 5.74) is 8.71. The van der Waals surface area contributed by atoms with E-state index in [1.807, 2.05) is 18.3 Å². The lowest BCUT2D eigenvalue weighted by molar-refractivity contribution is 0.0964. The van der Waals surface area contributed by atoms with Crippen molar-refractivity contribution in [3.8, 4) is 0 Å². The van der Waals surface area contributed by atoms with Gasteiger partial charge in [0.2, 0.25) is 0 Å². The quantitative estimate of drug-likeness (QED) is 0.909. The van der Waals surface area contributed by atoms with Crippen molar-refractivity contribution in [3.05, 3.63) is 29.0 Å². The van der Waals surface area contributed by atoms with Crippen LogP contribution >= 0.6 is 15.9 Å². The van der Waals surface area contributed by atoms with Crippen molar-refractivity contribution in [1.29, 1.82) is 0 Å². The van der Waals surface area contributed by atoms with E-state index in [-0.39, 0.29) is 6.04 Å². The summed E-state index contributed by atoms with van der Waals surface area (Å²) in [5.74, 6) is 0. The first-order valence-electron chi connectivity index (χ1n) is 6.24. The van der Waals surface area contributed by atoms with Crippen LogP contribution in [0.25, 0.3) is 11.0 Å². The lowest BCUT2D eigenvalue weighted by atomic mass is 10.1. The predicted molar refractivity (Wildman–Crippen MR) is 78.2 cm³/mol. The van der Waals surface area contributed by atoms with Crippen LogP contribution in [-0.2, 0) is 4.74 Å². The van der Waals surface area contributed by atoms with Crippen LogP contribution in [-0.4, -0.2) is 42.3 Å². The zero-order valence-electron chi connectivity index (χ0n) is 10.4. The molecule has 19 heavy (non-hydrogen) atoms. The van der Waals surface area contributed by atoms with E-state index < -0.39 is 0 Å². The minimum absolute atomic E-state index is 0.199. The number of rotatable bonds is 2. The van der Waals surface area contributed by atoms with Crippen LogP contribution in [0.1, 0.15) is 0 Å². The summed E-state index contributed by atoms with van der Waals surface area (Å²) in [6, 6.07) is 4.17. The summed E-state index contributed by atoms with van der Waals surface area (Å²) in [7, 11) is 0. The van der Waals surface area contributed by atoms with Gasteiger partial charge in [0.05, 0.1) is 30.5 Å². The summed E-state index contributed by atoms with van der Waals surface area (Å²) < 4.78 is 6.42. The molecule has 3 rings (SSSR count). The first-order valence-corrected chi connectivity index (χ1v) is 7.03. The van der Waals surface area contributed by atoms with Gasteiger partial charge in [-0.05, 0) is 28.1 Å². The van der Waals surface area contributed by atoms with Crippen LogP contribution in [0.15, 0.2) is 29.0 Å². The highest BCUT2D eigenvalue weighted by molar-refractivity contribution is 9.10. The van der Waals surface area contributed by atoms with Crippen molar-refractivity contribution in [1.82, 2.24) is 9.97 Å². The molecule has 0 radical (unpaired) electrons. The largest absolute Gasteiger partial charge is 0.377 e. The number of hydrogen-bond acceptors (Lipinski definition) is 5. The Hall–Kier alpha value is -1.24. The van der Waals surface area contributed by atoms with Gasteiger partial charge in [-0.3, -0.25) is 9.97 Å². The van der Waals surface area contributed by atoms with Crippen molar-refractivity contribution in [2.75, 3.05) is 31.2 Å². The van der Waals surface area contributed by atoms with E-state index in [9.17, 15) is 0 Å². The number of morpholine rings is 1. The van der Waals surface area contributed by atoms with E-state index in [1.165, 1.54) is 0 Å². The SMILES string of the molecule is NCC1COCCN1c1ccnc2cc(Br)cnc12. The molecule has 0 aliphatic carbocycles. The van der Waals surface area contributed by atoms with E-state index in [2.05, 4.69) is 30.8 Å². The maximum Gasteiger partial charge on any atom is 0.112 e. The second-order valence-electron chi connectivity index (χ2n) is 4.51. The number of nitrogens with zero attached hydrogens (tertiary/aromatic N) is 3. The highest BCUT2D eigenvalue weighted by atomic mass is 79.9. The molecule has 0 saturated carbocycles. The van der Waals surface area contributed by atoms with Crippen molar-refractivity contribution in [2.45, 2.75) is 6.04 Å². The monoisotopic (exact) mass is 322 g/mol. The Morgan fingerprint density at radius 2 is 2.37 bits per heavy atom. The second-order valence-corrected chi connectivity index (χ2v) is 5.42. The standard InChI is InChI=1S/C13H15BrN4O/c14-9-5-11-13(17-7-9)12(1-2-16-11)18-3-4-19-8-10(18)6-15/h1-2,5,7,10H,3-4,6,8,15H2. The maximum atomic E-state index is 5.83. The Balaban J connectivity index is 2.08. The smallest absolute Gasteiger partial charge is 0.112 e. The van der Waals surface area contributed by atoms with Crippen molar-refractivity contribution < 1.29 is 4.74 Å². The summed E-state index contributed by atoms with van der Waals surface area (Å²) in [5, 5.41) is 0. The predicted octanol–water partition coefficient (Wildman–Crippen LogP) is 1.56. The molecule has 1 aliphatic heterocycles. The van der Waals surface area contributed by atoms with E-state index >= 15 is 0 Å². The number of halogens is 1. The molecule has 2 N–H and O–H groups in total. The molecule has 0 spiro atoms. The average Bonchev–Trinajstić information content (AvgIpc) is 2.46. The van der Waals surface area contributed by atoms with Crippen LogP contribution in [0.4, 0.5) is 5.69 Å². The molecule has 1 unspecified atom stereocenters. The number of ether oxygens (including phenoxy) is 1. The van der Waals surface area contributed by atoms with Crippen LogP contribution in [0.5, 0.6) is 0 Å². The number of nitrogens with two attached hydrogens (primary N) is 1. The van der Waals surface area contributed by atoms with E-state index in [1.54, 1.807) is 6.20 Å². The highest BCUT2D eigenvalue weighted by Gasteiger charge is 2.23. The third kappa shape index (κ3) is 2.43. The normalized spacial score (nSPS) is 19.9. The van der Waals surface area contributed by atoms with E-state index in [4.69, 9.17) is 10.5 Å². The zero-order valence-corrected chi connectivity index (χ0v) is 12.0. The van der Waals surface area contributed by atoms with Crippen LogP contribution in [0.3, 0.4) is 0 Å². The Morgan fingerprint density at radius 3 is 3.21 bits per heavy atom. The van der Waals surface area contributed by atoms with Crippen molar-refractivity contribution in [2.24, 2.45) is 5.73 Å². The van der Waals surface area contributed by atoms with Gasteiger partial charge < -0.3 is 15.4 Å². The van der Waals surface area contributed by atoms with Gasteiger partial charge in [-0.1, -0.05) is 0 Å². The summed E-state index contributed by atoms with van der Waals surface area (Å²) in [6.07, 6.45) is 3.61. The highest BCUT2D eigenvalue weighted by Crippen LogP contribution is 2.27. The first-order chi connectivity index (χ1) is 9.29. The van der Waals surface area contributed by atoms with Gasteiger partial charge in [0.25, 0.3) is 0 Å². The van der Waals surface area contributed by atoms with Gasteiger partial charge in [0, 0.05) is 30.0 Å². The molecule has 2 aromatic rings. The first kappa shape index (κ1) is 12.8. The lowest BCUT2D eigenvalue weighted by Gasteiger charge is -2.36. The number of hydrogen-bond donors (Lipinski definition) is 1. The molecule has 6 heteroatoms. The molecule has 100 valence electrons. The molecule has 0 aromatic carbocycles. The van der Waals surface area contributed by atoms with Gasteiger partial charge in [-0.2, -0.15) is 0 Å². The van der Waals surface area contributed by atoms with Gasteiger partial charge in [-0.25, -0.2) is 0 Å². The van der Waals surface area contributed by atoms with Gasteiger partial charge in [0.15, 0.2) is 0 Å². The van der Waals surface area contributed by atoms with E-state index in [0.29, 0.717) is 13.2 Å². The van der Waals surface area contributed by atoms with Crippen LogP contribution < -0.4 is 10.6 Å². The molecule has 3 heterocycles. The Bertz CT molecular complexity index is 592. The van der Waals surface area contributed by atoms with Gasteiger partial charge >= 0.3 is 0 Å². The topological polar surface area (TPSA) is 64.3 Å². The summed E-state index contributed by atoms with van der Waals surface area (Å²) >= 11 is 3.42. The lowest BCUT2D eigenvalue weighted by Crippen LogP contribution is -2.49. The number of pyridine rings is 2.